The van der Waals surface area contributed by atoms with Crippen molar-refractivity contribution in [2.24, 2.45) is 0 Å². The maximum absolute atomic E-state index is 3.12. The van der Waals surface area contributed by atoms with Gasteiger partial charge in [-0.3, -0.25) is 0 Å². The Kier molecular flexibility index (Phi) is 35.3. The van der Waals surface area contributed by atoms with E-state index in [4.69, 9.17) is 0 Å². The topological polar surface area (TPSA) is 0 Å². The van der Waals surface area contributed by atoms with Crippen molar-refractivity contribution in [3.8, 4) is 0 Å². The van der Waals surface area contributed by atoms with Crippen LogP contribution in [-0.4, -0.2) is 11.0 Å². The van der Waals surface area contributed by atoms with Crippen LogP contribution in [0.3, 0.4) is 0 Å². The second kappa shape index (κ2) is 15.2. The van der Waals surface area contributed by atoms with E-state index in [1.807, 2.05) is 0 Å². The first-order chi connectivity index (χ1) is 1.41. The minimum Gasteiger partial charge on any atom is -0.137 e. The Morgan fingerprint density at radius 3 is 1.25 bits per heavy atom. The SMILES string of the molecule is C=C=C.[SiH4]. The molecule has 24 valence electrons. The summed E-state index contributed by atoms with van der Waals surface area (Å²) in [6.07, 6.45) is 0. The molecule has 0 aliphatic carbocycles. The highest BCUT2D eigenvalue weighted by atomic mass is 28.1. The van der Waals surface area contributed by atoms with Crippen molar-refractivity contribution in [3.05, 3.63) is 18.9 Å². The van der Waals surface area contributed by atoms with Gasteiger partial charge in [-0.05, 0) is 11.0 Å². The first-order valence-electron chi connectivity index (χ1n) is 0.707. The molecule has 0 saturated heterocycles. The molecular weight excluding hydrogens is 64.1 g/mol. The zero-order valence-electron chi connectivity index (χ0n) is 1.91. The summed E-state index contributed by atoms with van der Waals surface area (Å²) in [6.45, 7) is 6.25. The van der Waals surface area contributed by atoms with Crippen molar-refractivity contribution < 1.29 is 0 Å². The van der Waals surface area contributed by atoms with Crippen LogP contribution in [0.25, 0.3) is 0 Å². The third-order valence-electron chi connectivity index (χ3n) is 0. The van der Waals surface area contributed by atoms with Gasteiger partial charge in [0.1, 0.15) is 0 Å². The van der Waals surface area contributed by atoms with Gasteiger partial charge in [0.15, 0.2) is 0 Å². The average Bonchev–Trinajstić information content (AvgIpc) is 0.918. The van der Waals surface area contributed by atoms with Crippen LogP contribution >= 0.6 is 0 Å². The molecule has 0 spiro atoms. The first-order valence-corrected chi connectivity index (χ1v) is 0.707. The second-order valence-electron chi connectivity index (χ2n) is 0.250. The molecule has 0 amide bonds. The normalized spacial score (nSPS) is 2.00. The van der Waals surface area contributed by atoms with E-state index in [1.54, 1.807) is 0 Å². The quantitative estimate of drug-likeness (QED) is 0.267. The molecule has 0 aliphatic rings. The fourth-order valence-corrected chi connectivity index (χ4v) is 0. The maximum Gasteiger partial charge on any atom is -0.0149 e. The molecule has 0 nitrogen and oxygen atoms in total. The monoisotopic (exact) mass is 72.0 g/mol. The Balaban J connectivity index is 0. The van der Waals surface area contributed by atoms with Crippen molar-refractivity contribution in [2.75, 3.05) is 0 Å². The lowest BCUT2D eigenvalue weighted by molar-refractivity contribution is 2.51. The molecule has 0 fully saturated rings. The molecule has 0 aromatic heterocycles. The Morgan fingerprint density at radius 2 is 1.25 bits per heavy atom. The van der Waals surface area contributed by atoms with Crippen LogP contribution in [0, 0.1) is 0 Å². The third-order valence-corrected chi connectivity index (χ3v) is 0. The van der Waals surface area contributed by atoms with Crippen molar-refractivity contribution in [1.82, 2.24) is 0 Å². The molecule has 0 aromatic carbocycles. The summed E-state index contributed by atoms with van der Waals surface area (Å²) in [5, 5.41) is 0. The highest BCUT2D eigenvalue weighted by Crippen LogP contribution is 1.16. The minimum absolute atomic E-state index is 0. The molecule has 0 bridgehead atoms. The van der Waals surface area contributed by atoms with Gasteiger partial charge in [0.05, 0.1) is 0 Å². The van der Waals surface area contributed by atoms with E-state index in [-0.39, 0.29) is 11.0 Å². The molecule has 1 heteroatoms. The predicted octanol–water partition coefficient (Wildman–Crippen LogP) is -0.494. The van der Waals surface area contributed by atoms with E-state index >= 15 is 0 Å². The van der Waals surface area contributed by atoms with Gasteiger partial charge in [-0.1, -0.05) is 13.2 Å². The zero-order valence-corrected chi connectivity index (χ0v) is 1.91. The van der Waals surface area contributed by atoms with Gasteiger partial charge in [-0.25, -0.2) is 0 Å². The minimum atomic E-state index is 0. The van der Waals surface area contributed by atoms with E-state index in [2.05, 4.69) is 18.9 Å². The van der Waals surface area contributed by atoms with Gasteiger partial charge in [0.25, 0.3) is 0 Å². The van der Waals surface area contributed by atoms with Crippen molar-refractivity contribution >= 4 is 11.0 Å². The molecule has 0 N–H and O–H groups in total. The largest absolute Gasteiger partial charge is 0.137 e. The number of rotatable bonds is 0. The molecule has 0 saturated carbocycles. The van der Waals surface area contributed by atoms with Gasteiger partial charge in [0.2, 0.25) is 0 Å². The average molecular weight is 72.2 g/mol. The van der Waals surface area contributed by atoms with Gasteiger partial charge in [-0.15, -0.1) is 5.73 Å². The van der Waals surface area contributed by atoms with Crippen LogP contribution in [0.15, 0.2) is 18.9 Å². The predicted molar refractivity (Wildman–Crippen MR) is 26.1 cm³/mol. The molecule has 0 aromatic rings. The molecule has 0 unspecified atom stereocenters. The molecule has 0 rings (SSSR count). The Labute approximate surface area is 30.9 Å². The molecule has 0 heterocycles. The van der Waals surface area contributed by atoms with Crippen LogP contribution in [0.5, 0.6) is 0 Å². The van der Waals surface area contributed by atoms with Gasteiger partial charge >= 0.3 is 0 Å². The van der Waals surface area contributed by atoms with E-state index in [0.717, 1.165) is 0 Å². The van der Waals surface area contributed by atoms with Crippen LogP contribution in [-0.2, 0) is 0 Å². The lowest BCUT2D eigenvalue weighted by Gasteiger charge is -1.10. The lowest BCUT2D eigenvalue weighted by Crippen LogP contribution is -0.844. The molecule has 0 radical (unpaired) electrons. The third kappa shape index (κ3) is 13.6. The fourth-order valence-electron chi connectivity index (χ4n) is 0. The van der Waals surface area contributed by atoms with Crippen molar-refractivity contribution in [3.63, 3.8) is 0 Å². The summed E-state index contributed by atoms with van der Waals surface area (Å²) in [7, 11) is 0. The standard InChI is InChI=1S/C3H4.H4Si/c1-3-2;/h1-2H2;1H4. The fraction of sp³-hybridized carbons (Fsp3) is 0. The highest BCUT2D eigenvalue weighted by molar-refractivity contribution is 5.75. The summed E-state index contributed by atoms with van der Waals surface area (Å²) in [4.78, 5) is 0. The van der Waals surface area contributed by atoms with Gasteiger partial charge in [0, 0.05) is 0 Å². The van der Waals surface area contributed by atoms with Crippen LogP contribution in [0.1, 0.15) is 0 Å². The summed E-state index contributed by atoms with van der Waals surface area (Å²) >= 11 is 0. The molecule has 0 atom stereocenters. The van der Waals surface area contributed by atoms with E-state index in [9.17, 15) is 0 Å². The highest BCUT2D eigenvalue weighted by Gasteiger charge is 0.904. The molecule has 0 aliphatic heterocycles. The van der Waals surface area contributed by atoms with E-state index in [1.165, 1.54) is 0 Å². The zero-order chi connectivity index (χ0) is 2.71. The van der Waals surface area contributed by atoms with Crippen molar-refractivity contribution in [1.29, 1.82) is 0 Å². The lowest BCUT2D eigenvalue weighted by atomic mass is 11.0. The van der Waals surface area contributed by atoms with Crippen LogP contribution < -0.4 is 0 Å². The van der Waals surface area contributed by atoms with Crippen molar-refractivity contribution in [2.45, 2.75) is 0 Å². The van der Waals surface area contributed by atoms with E-state index < -0.39 is 0 Å². The summed E-state index contributed by atoms with van der Waals surface area (Å²) in [5.41, 5.74) is 2.25. The second-order valence-corrected chi connectivity index (χ2v) is 0.250. The van der Waals surface area contributed by atoms with Gasteiger partial charge < -0.3 is 0 Å². The van der Waals surface area contributed by atoms with Crippen LogP contribution in [0.2, 0.25) is 0 Å². The smallest absolute Gasteiger partial charge is 0.0149 e. The first kappa shape index (κ1) is 9.28. The summed E-state index contributed by atoms with van der Waals surface area (Å²) < 4.78 is 0. The van der Waals surface area contributed by atoms with E-state index in [0.29, 0.717) is 0 Å². The van der Waals surface area contributed by atoms with Gasteiger partial charge in [-0.2, -0.15) is 0 Å². The molecule has 4 heavy (non-hydrogen) atoms. The molecular formula is C3H8Si. The Bertz CT molecular complexity index is 24.3. The Morgan fingerprint density at radius 1 is 1.25 bits per heavy atom. The van der Waals surface area contributed by atoms with Crippen LogP contribution in [0.4, 0.5) is 0 Å². The number of hydrogen-bond donors (Lipinski definition) is 0. The Hall–Kier alpha value is -0.263. The summed E-state index contributed by atoms with van der Waals surface area (Å²) in [5.74, 6) is 0. The summed E-state index contributed by atoms with van der Waals surface area (Å²) in [6, 6.07) is 0. The maximum atomic E-state index is 3.12. The number of hydrogen-bond acceptors (Lipinski definition) is 0.